The summed E-state index contributed by atoms with van der Waals surface area (Å²) in [5.74, 6) is 0. The lowest BCUT2D eigenvalue weighted by Gasteiger charge is -2.14. The normalized spacial score (nSPS) is 12.7. The number of hydrogen-bond acceptors (Lipinski definition) is 1. The molecule has 2 rings (SSSR count). The lowest BCUT2D eigenvalue weighted by atomic mass is 9.98. The summed E-state index contributed by atoms with van der Waals surface area (Å²) in [6.07, 6.45) is -9.87. The van der Waals surface area contributed by atoms with Gasteiger partial charge in [-0.05, 0) is 35.4 Å². The molecule has 0 unspecified atom stereocenters. The summed E-state index contributed by atoms with van der Waals surface area (Å²) in [6.45, 7) is 0. The summed E-state index contributed by atoms with van der Waals surface area (Å²) < 4.78 is 75.7. The fourth-order valence-electron chi connectivity index (χ4n) is 1.85. The molecule has 0 aromatic heterocycles. The molecule has 0 aliphatic rings. The summed E-state index contributed by atoms with van der Waals surface area (Å²) in [7, 11) is 0. The van der Waals surface area contributed by atoms with Gasteiger partial charge in [-0.3, -0.25) is 0 Å². The van der Waals surface area contributed by atoms with Crippen molar-refractivity contribution in [3.8, 4) is 0 Å². The summed E-state index contributed by atoms with van der Waals surface area (Å²) in [5.41, 5.74) is -2.42. The molecule has 1 radical (unpaired) electrons. The van der Waals surface area contributed by atoms with Crippen molar-refractivity contribution in [3.63, 3.8) is 0 Å². The Bertz CT molecular complexity index is 602. The first-order valence-electron chi connectivity index (χ1n) is 6.00. The molecule has 0 saturated carbocycles. The zero-order valence-electron chi connectivity index (χ0n) is 10.8. The lowest BCUT2D eigenvalue weighted by molar-refractivity contribution is -0.138. The Morgan fingerprint density at radius 1 is 0.682 bits per heavy atom. The molecule has 0 aliphatic heterocycles. The van der Waals surface area contributed by atoms with Crippen LogP contribution >= 0.6 is 0 Å². The van der Waals surface area contributed by atoms with E-state index < -0.39 is 29.6 Å². The Labute approximate surface area is 121 Å². The third kappa shape index (κ3) is 3.59. The van der Waals surface area contributed by atoms with Crippen molar-refractivity contribution in [3.05, 3.63) is 76.9 Å². The Balaban J connectivity index is 2.38. The van der Waals surface area contributed by atoms with Crippen LogP contribution in [0.5, 0.6) is 0 Å². The second-order valence-electron chi connectivity index (χ2n) is 4.51. The molecule has 0 aliphatic carbocycles. The van der Waals surface area contributed by atoms with E-state index in [1.165, 1.54) is 12.1 Å². The first-order chi connectivity index (χ1) is 10.1. The van der Waals surface area contributed by atoms with Crippen molar-refractivity contribution >= 4 is 0 Å². The molecule has 0 saturated heterocycles. The van der Waals surface area contributed by atoms with Gasteiger partial charge in [0.05, 0.1) is 11.1 Å². The topological polar surface area (TPSA) is 20.2 Å². The second-order valence-corrected chi connectivity index (χ2v) is 4.51. The largest absolute Gasteiger partial charge is 0.416 e. The van der Waals surface area contributed by atoms with Crippen LogP contribution in [-0.2, 0) is 12.4 Å². The third-order valence-electron chi connectivity index (χ3n) is 2.93. The molecule has 117 valence electrons. The van der Waals surface area contributed by atoms with Gasteiger partial charge in [-0.2, -0.15) is 26.3 Å². The van der Waals surface area contributed by atoms with Crippen molar-refractivity contribution in [1.82, 2.24) is 0 Å². The molecule has 0 atom stereocenters. The predicted octanol–water partition coefficient (Wildman–Crippen LogP) is 5.03. The molecule has 2 aromatic carbocycles. The van der Waals surface area contributed by atoms with E-state index in [2.05, 4.69) is 0 Å². The van der Waals surface area contributed by atoms with Crippen LogP contribution in [0.25, 0.3) is 0 Å². The van der Waals surface area contributed by atoms with E-state index in [0.717, 1.165) is 24.3 Å². The minimum atomic E-state index is -4.61. The van der Waals surface area contributed by atoms with Gasteiger partial charge < -0.3 is 5.11 Å². The Morgan fingerprint density at radius 3 is 1.36 bits per heavy atom. The summed E-state index contributed by atoms with van der Waals surface area (Å²) >= 11 is 0. The van der Waals surface area contributed by atoms with E-state index in [1.807, 2.05) is 0 Å². The van der Waals surface area contributed by atoms with Crippen LogP contribution in [0.1, 0.15) is 22.3 Å². The van der Waals surface area contributed by atoms with Gasteiger partial charge in [-0.15, -0.1) is 0 Å². The zero-order valence-corrected chi connectivity index (χ0v) is 10.8. The quantitative estimate of drug-likeness (QED) is 0.770. The van der Waals surface area contributed by atoms with Gasteiger partial charge in [-0.25, -0.2) is 0 Å². The van der Waals surface area contributed by atoms with Crippen molar-refractivity contribution in [2.24, 2.45) is 0 Å². The molecular formula is C15H9F6O. The van der Waals surface area contributed by atoms with Gasteiger partial charge in [0.25, 0.3) is 0 Å². The van der Waals surface area contributed by atoms with Crippen molar-refractivity contribution in [1.29, 1.82) is 0 Å². The van der Waals surface area contributed by atoms with Crippen LogP contribution in [-0.4, -0.2) is 5.11 Å². The average Bonchev–Trinajstić information content (AvgIpc) is 2.45. The number of aliphatic hydroxyl groups is 1. The zero-order chi connectivity index (χ0) is 16.5. The standard InChI is InChI=1S/C15H9F6O/c16-14(17,18)11-5-1-3-9(7-11)13(22)10-4-2-6-12(8-10)15(19,20)21/h1-8,22H. The summed E-state index contributed by atoms with van der Waals surface area (Å²) in [4.78, 5) is 0. The van der Waals surface area contributed by atoms with Crippen LogP contribution in [0.4, 0.5) is 26.3 Å². The molecule has 2 aromatic rings. The molecule has 0 heterocycles. The van der Waals surface area contributed by atoms with Crippen LogP contribution in [0.3, 0.4) is 0 Å². The minimum absolute atomic E-state index is 0.214. The maximum absolute atomic E-state index is 12.6. The first-order valence-corrected chi connectivity index (χ1v) is 6.00. The highest BCUT2D eigenvalue weighted by Crippen LogP contribution is 2.34. The number of halogens is 6. The molecule has 0 amide bonds. The fourth-order valence-corrected chi connectivity index (χ4v) is 1.85. The number of rotatable bonds is 2. The molecule has 7 heteroatoms. The maximum atomic E-state index is 12.6. The number of benzene rings is 2. The van der Waals surface area contributed by atoms with Crippen LogP contribution < -0.4 is 0 Å². The maximum Gasteiger partial charge on any atom is 0.416 e. The van der Waals surface area contributed by atoms with E-state index in [9.17, 15) is 31.4 Å². The molecular weight excluding hydrogens is 310 g/mol. The van der Waals surface area contributed by atoms with Crippen LogP contribution in [0.2, 0.25) is 0 Å². The molecule has 0 fully saturated rings. The summed E-state index contributed by atoms with van der Waals surface area (Å²) in [5, 5.41) is 9.95. The van der Waals surface area contributed by atoms with E-state index >= 15 is 0 Å². The van der Waals surface area contributed by atoms with Gasteiger partial charge in [0.15, 0.2) is 6.10 Å². The van der Waals surface area contributed by atoms with Crippen LogP contribution in [0.15, 0.2) is 48.5 Å². The minimum Gasteiger partial charge on any atom is -0.377 e. The molecule has 22 heavy (non-hydrogen) atoms. The second kappa shape index (κ2) is 5.64. The number of alkyl halides is 6. The number of aliphatic hydroxyl groups excluding tert-OH is 1. The van der Waals surface area contributed by atoms with Crippen molar-refractivity contribution in [2.75, 3.05) is 0 Å². The fraction of sp³-hybridized carbons (Fsp3) is 0.133. The van der Waals surface area contributed by atoms with Crippen molar-refractivity contribution in [2.45, 2.75) is 12.4 Å². The number of hydrogen-bond donors (Lipinski definition) is 1. The van der Waals surface area contributed by atoms with Gasteiger partial charge in [-0.1, -0.05) is 24.3 Å². The highest BCUT2D eigenvalue weighted by atomic mass is 19.4. The van der Waals surface area contributed by atoms with Gasteiger partial charge in [0.2, 0.25) is 0 Å². The van der Waals surface area contributed by atoms with Gasteiger partial charge >= 0.3 is 12.4 Å². The van der Waals surface area contributed by atoms with E-state index in [1.54, 1.807) is 0 Å². The highest BCUT2D eigenvalue weighted by Gasteiger charge is 2.32. The summed E-state index contributed by atoms with van der Waals surface area (Å²) in [6, 6.07) is 7.48. The Kier molecular flexibility index (Phi) is 4.19. The van der Waals surface area contributed by atoms with Crippen molar-refractivity contribution < 1.29 is 31.4 Å². The van der Waals surface area contributed by atoms with E-state index in [0.29, 0.717) is 12.1 Å². The Hall–Kier alpha value is -2.02. The predicted molar refractivity (Wildman–Crippen MR) is 66.3 cm³/mol. The monoisotopic (exact) mass is 319 g/mol. The Morgan fingerprint density at radius 2 is 1.05 bits per heavy atom. The third-order valence-corrected chi connectivity index (χ3v) is 2.93. The average molecular weight is 319 g/mol. The highest BCUT2D eigenvalue weighted by molar-refractivity contribution is 5.45. The molecule has 1 nitrogen and oxygen atoms in total. The SMILES string of the molecule is O[C](c1cccc(C(F)(F)F)c1)c1cccc(C(F)(F)F)c1. The molecule has 0 spiro atoms. The smallest absolute Gasteiger partial charge is 0.377 e. The van der Waals surface area contributed by atoms with Gasteiger partial charge in [0.1, 0.15) is 0 Å². The van der Waals surface area contributed by atoms with E-state index in [4.69, 9.17) is 0 Å². The lowest BCUT2D eigenvalue weighted by Crippen LogP contribution is -2.09. The van der Waals surface area contributed by atoms with Gasteiger partial charge in [0, 0.05) is 0 Å². The first kappa shape index (κ1) is 16.4. The van der Waals surface area contributed by atoms with E-state index in [-0.39, 0.29) is 11.1 Å². The molecule has 1 N–H and O–H groups in total. The molecule has 0 bridgehead atoms. The van der Waals surface area contributed by atoms with Crippen LogP contribution in [0, 0.1) is 6.10 Å².